The van der Waals surface area contributed by atoms with Gasteiger partial charge in [-0.25, -0.2) is 4.79 Å². The molecule has 0 bridgehead atoms. The third-order valence-corrected chi connectivity index (χ3v) is 5.15. The van der Waals surface area contributed by atoms with Gasteiger partial charge >= 0.3 is 5.69 Å². The summed E-state index contributed by atoms with van der Waals surface area (Å²) in [5.74, 6) is -0.0820. The van der Waals surface area contributed by atoms with Gasteiger partial charge in [0.05, 0.1) is 5.56 Å². The van der Waals surface area contributed by atoms with E-state index >= 15 is 0 Å². The molecule has 3 rings (SSSR count). The van der Waals surface area contributed by atoms with E-state index < -0.39 is 5.56 Å². The fourth-order valence-corrected chi connectivity index (χ4v) is 3.61. The van der Waals surface area contributed by atoms with Crippen molar-refractivity contribution in [3.63, 3.8) is 0 Å². The van der Waals surface area contributed by atoms with Gasteiger partial charge in [0, 0.05) is 39.0 Å². The average molecular weight is 367 g/mol. The van der Waals surface area contributed by atoms with Gasteiger partial charge in [0.1, 0.15) is 0 Å². The van der Waals surface area contributed by atoms with Crippen LogP contribution < -0.4 is 11.2 Å². The number of aryl methyl sites for hydroxylation is 2. The van der Waals surface area contributed by atoms with Gasteiger partial charge < -0.3 is 9.47 Å². The smallest absolute Gasteiger partial charge is 0.330 e. The van der Waals surface area contributed by atoms with Gasteiger partial charge in [0.25, 0.3) is 5.56 Å². The first kappa shape index (κ1) is 18.9. The molecule has 1 aromatic heterocycles. The lowest BCUT2D eigenvalue weighted by molar-refractivity contribution is -0.126. The van der Waals surface area contributed by atoms with Crippen molar-refractivity contribution < 1.29 is 4.79 Å². The number of hydrogen-bond donors (Lipinski definition) is 0. The minimum Gasteiger partial charge on any atom is -0.336 e. The molecule has 1 amide bonds. The molecule has 1 aliphatic rings. The van der Waals surface area contributed by atoms with Crippen LogP contribution in [0.4, 0.5) is 0 Å². The fraction of sp³-hybridized carbons (Fsp3) is 0.381. The summed E-state index contributed by atoms with van der Waals surface area (Å²) in [6, 6.07) is 10.5. The van der Waals surface area contributed by atoms with Crippen LogP contribution in [0.5, 0.6) is 0 Å². The Labute approximate surface area is 158 Å². The first-order valence-electron chi connectivity index (χ1n) is 9.26. The van der Waals surface area contributed by atoms with E-state index in [4.69, 9.17) is 0 Å². The van der Waals surface area contributed by atoms with Crippen molar-refractivity contribution in [2.75, 3.05) is 6.54 Å². The van der Waals surface area contributed by atoms with Crippen molar-refractivity contribution in [2.45, 2.75) is 31.7 Å². The van der Waals surface area contributed by atoms with Gasteiger partial charge in [0.2, 0.25) is 5.91 Å². The van der Waals surface area contributed by atoms with Crippen molar-refractivity contribution in [1.82, 2.24) is 14.0 Å². The maximum absolute atomic E-state index is 12.7. The number of rotatable bonds is 5. The highest BCUT2D eigenvalue weighted by Gasteiger charge is 2.27. The molecule has 1 saturated heterocycles. The van der Waals surface area contributed by atoms with Crippen LogP contribution >= 0.6 is 0 Å². The SMILES string of the molecule is Cn1cc(C=CC(=O)N2CCCC2CCc2ccccc2)c(=O)n(C)c1=O. The maximum Gasteiger partial charge on any atom is 0.330 e. The summed E-state index contributed by atoms with van der Waals surface area (Å²) < 4.78 is 2.38. The van der Waals surface area contributed by atoms with Gasteiger partial charge in [-0.15, -0.1) is 0 Å². The van der Waals surface area contributed by atoms with Gasteiger partial charge in [-0.1, -0.05) is 30.3 Å². The van der Waals surface area contributed by atoms with Crippen LogP contribution in [0.2, 0.25) is 0 Å². The number of benzene rings is 1. The van der Waals surface area contributed by atoms with Gasteiger partial charge in [-0.05, 0) is 37.3 Å². The van der Waals surface area contributed by atoms with Crippen LogP contribution in [-0.4, -0.2) is 32.5 Å². The molecule has 2 aromatic rings. The molecule has 27 heavy (non-hydrogen) atoms. The molecule has 0 saturated carbocycles. The molecule has 1 fully saturated rings. The lowest BCUT2D eigenvalue weighted by Gasteiger charge is -2.23. The number of amides is 1. The van der Waals surface area contributed by atoms with Crippen molar-refractivity contribution in [1.29, 1.82) is 0 Å². The lowest BCUT2D eigenvalue weighted by Crippen LogP contribution is -2.37. The summed E-state index contributed by atoms with van der Waals surface area (Å²) in [7, 11) is 3.02. The summed E-state index contributed by atoms with van der Waals surface area (Å²) in [5, 5.41) is 0. The van der Waals surface area contributed by atoms with Crippen molar-refractivity contribution in [3.05, 3.63) is 74.6 Å². The van der Waals surface area contributed by atoms with Crippen LogP contribution in [0.3, 0.4) is 0 Å². The second-order valence-electron chi connectivity index (χ2n) is 7.03. The van der Waals surface area contributed by atoms with Crippen LogP contribution in [-0.2, 0) is 25.3 Å². The summed E-state index contributed by atoms with van der Waals surface area (Å²) in [4.78, 5) is 38.5. The first-order valence-corrected chi connectivity index (χ1v) is 9.26. The van der Waals surface area contributed by atoms with Gasteiger partial charge in [-0.3, -0.25) is 14.2 Å². The van der Waals surface area contributed by atoms with Gasteiger partial charge in [-0.2, -0.15) is 0 Å². The molecule has 1 unspecified atom stereocenters. The second kappa shape index (κ2) is 8.20. The van der Waals surface area contributed by atoms with E-state index in [-0.39, 0.29) is 17.6 Å². The summed E-state index contributed by atoms with van der Waals surface area (Å²) >= 11 is 0. The Morgan fingerprint density at radius 3 is 2.67 bits per heavy atom. The first-order chi connectivity index (χ1) is 13.0. The van der Waals surface area contributed by atoms with E-state index in [1.54, 1.807) is 7.05 Å². The predicted molar refractivity (Wildman–Crippen MR) is 105 cm³/mol. The van der Waals surface area contributed by atoms with Crippen molar-refractivity contribution in [2.24, 2.45) is 14.1 Å². The van der Waals surface area contributed by atoms with E-state index in [1.807, 2.05) is 23.1 Å². The quantitative estimate of drug-likeness (QED) is 0.756. The number of carbonyl (C=O) groups excluding carboxylic acids is 1. The van der Waals surface area contributed by atoms with Crippen LogP contribution in [0.25, 0.3) is 6.08 Å². The minimum absolute atomic E-state index is 0.0820. The molecular formula is C21H25N3O3. The Morgan fingerprint density at radius 1 is 1.19 bits per heavy atom. The highest BCUT2D eigenvalue weighted by Crippen LogP contribution is 2.22. The third kappa shape index (κ3) is 4.27. The summed E-state index contributed by atoms with van der Waals surface area (Å²) in [6.45, 7) is 0.744. The lowest BCUT2D eigenvalue weighted by atomic mass is 10.0. The highest BCUT2D eigenvalue weighted by molar-refractivity contribution is 5.92. The summed E-state index contributed by atoms with van der Waals surface area (Å²) in [6.07, 6.45) is 8.31. The third-order valence-electron chi connectivity index (χ3n) is 5.15. The second-order valence-corrected chi connectivity index (χ2v) is 7.03. The van der Waals surface area contributed by atoms with E-state index in [9.17, 15) is 14.4 Å². The molecule has 0 aliphatic carbocycles. The van der Waals surface area contributed by atoms with Gasteiger partial charge in [0.15, 0.2) is 0 Å². The Balaban J connectivity index is 1.69. The summed E-state index contributed by atoms with van der Waals surface area (Å²) in [5.41, 5.74) is 0.821. The highest BCUT2D eigenvalue weighted by atomic mass is 16.2. The molecule has 1 aliphatic heterocycles. The largest absolute Gasteiger partial charge is 0.336 e. The topological polar surface area (TPSA) is 64.3 Å². The van der Waals surface area contributed by atoms with Crippen LogP contribution in [0.15, 0.2) is 52.2 Å². The Bertz CT molecular complexity index is 957. The molecule has 1 aromatic carbocycles. The monoisotopic (exact) mass is 367 g/mol. The number of likely N-dealkylation sites (tertiary alicyclic amines) is 1. The number of nitrogens with zero attached hydrogens (tertiary/aromatic N) is 3. The molecule has 0 spiro atoms. The number of hydrogen-bond acceptors (Lipinski definition) is 3. The zero-order valence-corrected chi connectivity index (χ0v) is 15.8. The molecule has 0 radical (unpaired) electrons. The Morgan fingerprint density at radius 2 is 1.93 bits per heavy atom. The molecule has 142 valence electrons. The standard InChI is InChI=1S/C21H25N3O3/c1-22-15-17(20(26)23(2)21(22)27)11-13-19(25)24-14-6-9-18(24)12-10-16-7-4-3-5-8-16/h3-5,7-8,11,13,15,18H,6,9-10,12,14H2,1-2H3. The zero-order valence-electron chi connectivity index (χ0n) is 15.8. The Kier molecular flexibility index (Phi) is 5.74. The molecule has 0 N–H and O–H groups in total. The zero-order chi connectivity index (χ0) is 19.4. The van der Waals surface area contributed by atoms with Crippen LogP contribution in [0.1, 0.15) is 30.4 Å². The number of aromatic nitrogens is 2. The van der Waals surface area contributed by atoms with E-state index in [0.717, 1.165) is 36.8 Å². The van der Waals surface area contributed by atoms with Crippen molar-refractivity contribution >= 4 is 12.0 Å². The van der Waals surface area contributed by atoms with E-state index in [0.29, 0.717) is 5.56 Å². The molecule has 6 heteroatoms. The molecule has 2 heterocycles. The minimum atomic E-state index is -0.399. The maximum atomic E-state index is 12.7. The molecule has 1 atom stereocenters. The van der Waals surface area contributed by atoms with E-state index in [2.05, 4.69) is 12.1 Å². The normalized spacial score (nSPS) is 17.0. The molecular weight excluding hydrogens is 342 g/mol. The average Bonchev–Trinajstić information content (AvgIpc) is 3.16. The fourth-order valence-electron chi connectivity index (χ4n) is 3.61. The predicted octanol–water partition coefficient (Wildman–Crippen LogP) is 1.72. The van der Waals surface area contributed by atoms with Crippen LogP contribution in [0, 0.1) is 0 Å². The molecule has 6 nitrogen and oxygen atoms in total. The van der Waals surface area contributed by atoms with Crippen molar-refractivity contribution in [3.8, 4) is 0 Å². The van der Waals surface area contributed by atoms with E-state index in [1.165, 1.54) is 35.5 Å². The Hall–Kier alpha value is -2.89. The number of carbonyl (C=O) groups is 1.